The van der Waals surface area contributed by atoms with Gasteiger partial charge in [-0.05, 0) is 37.1 Å². The highest BCUT2D eigenvalue weighted by Gasteiger charge is 2.26. The number of ether oxygens (including phenoxy) is 1. The molecule has 7 heteroatoms. The molecule has 0 bridgehead atoms. The van der Waals surface area contributed by atoms with Gasteiger partial charge in [-0.1, -0.05) is 29.5 Å². The van der Waals surface area contributed by atoms with E-state index in [1.807, 2.05) is 48.5 Å². The molecular formula is C20H21N5O2. The predicted octanol–water partition coefficient (Wildman–Crippen LogP) is 2.48. The van der Waals surface area contributed by atoms with Crippen LogP contribution >= 0.6 is 0 Å². The first-order valence-electron chi connectivity index (χ1n) is 9.08. The van der Waals surface area contributed by atoms with E-state index in [2.05, 4.69) is 15.3 Å². The maximum Gasteiger partial charge on any atom is 0.274 e. The molecule has 0 N–H and O–H groups in total. The fourth-order valence-electron chi connectivity index (χ4n) is 3.24. The van der Waals surface area contributed by atoms with E-state index in [0.717, 1.165) is 30.8 Å². The van der Waals surface area contributed by atoms with Gasteiger partial charge in [0.15, 0.2) is 5.69 Å². The van der Waals surface area contributed by atoms with Crippen LogP contribution in [0.5, 0.6) is 0 Å². The molecule has 0 unspecified atom stereocenters. The second-order valence-corrected chi connectivity index (χ2v) is 6.51. The van der Waals surface area contributed by atoms with Crippen LogP contribution in [-0.4, -0.2) is 50.0 Å². The van der Waals surface area contributed by atoms with Crippen molar-refractivity contribution in [1.29, 1.82) is 0 Å². The minimum absolute atomic E-state index is 0.0544. The third-order valence-corrected chi connectivity index (χ3v) is 4.58. The highest BCUT2D eigenvalue weighted by atomic mass is 16.5. The highest BCUT2D eigenvalue weighted by Crippen LogP contribution is 2.18. The monoisotopic (exact) mass is 363 g/mol. The number of para-hydroxylation sites is 1. The number of carbonyl (C=O) groups is 1. The van der Waals surface area contributed by atoms with E-state index >= 15 is 0 Å². The van der Waals surface area contributed by atoms with Crippen molar-refractivity contribution in [2.75, 3.05) is 13.2 Å². The molecule has 1 amide bonds. The summed E-state index contributed by atoms with van der Waals surface area (Å²) < 4.78 is 7.32. The number of benzene rings is 1. The summed E-state index contributed by atoms with van der Waals surface area (Å²) in [5.41, 5.74) is 2.06. The third kappa shape index (κ3) is 4.03. The first kappa shape index (κ1) is 17.4. The van der Waals surface area contributed by atoms with Crippen LogP contribution in [0.2, 0.25) is 0 Å². The third-order valence-electron chi connectivity index (χ3n) is 4.58. The van der Waals surface area contributed by atoms with Crippen molar-refractivity contribution in [3.05, 3.63) is 72.3 Å². The second kappa shape index (κ2) is 8.09. The van der Waals surface area contributed by atoms with Crippen molar-refractivity contribution < 1.29 is 9.53 Å². The fraction of sp³-hybridized carbons (Fsp3) is 0.300. The largest absolute Gasteiger partial charge is 0.376 e. The van der Waals surface area contributed by atoms with E-state index < -0.39 is 0 Å². The van der Waals surface area contributed by atoms with Crippen molar-refractivity contribution in [2.45, 2.75) is 25.5 Å². The van der Waals surface area contributed by atoms with E-state index in [1.165, 1.54) is 6.20 Å². The molecule has 27 heavy (non-hydrogen) atoms. The van der Waals surface area contributed by atoms with Gasteiger partial charge in [0.2, 0.25) is 0 Å². The molecule has 1 aliphatic heterocycles. The van der Waals surface area contributed by atoms with Crippen LogP contribution in [0.4, 0.5) is 0 Å². The Morgan fingerprint density at radius 2 is 2.04 bits per heavy atom. The molecule has 3 heterocycles. The Labute approximate surface area is 157 Å². The smallest absolute Gasteiger partial charge is 0.274 e. The Balaban J connectivity index is 1.61. The van der Waals surface area contributed by atoms with Crippen molar-refractivity contribution >= 4 is 5.91 Å². The van der Waals surface area contributed by atoms with Gasteiger partial charge in [-0.2, -0.15) is 0 Å². The summed E-state index contributed by atoms with van der Waals surface area (Å²) in [5.74, 6) is -0.134. The summed E-state index contributed by atoms with van der Waals surface area (Å²) >= 11 is 0. The van der Waals surface area contributed by atoms with Crippen molar-refractivity contribution in [3.8, 4) is 5.69 Å². The molecule has 138 valence electrons. The Bertz CT molecular complexity index is 876. The molecule has 1 saturated heterocycles. The van der Waals surface area contributed by atoms with Gasteiger partial charge in [0.25, 0.3) is 5.91 Å². The summed E-state index contributed by atoms with van der Waals surface area (Å²) in [5, 5.41) is 8.06. The molecule has 7 nitrogen and oxygen atoms in total. The summed E-state index contributed by atoms with van der Waals surface area (Å²) in [4.78, 5) is 19.5. The first-order valence-corrected chi connectivity index (χ1v) is 9.08. The molecule has 2 aromatic heterocycles. The lowest BCUT2D eigenvalue weighted by atomic mass is 10.2. The summed E-state index contributed by atoms with van der Waals surface area (Å²) in [6, 6.07) is 15.2. The minimum atomic E-state index is -0.134. The number of amides is 1. The van der Waals surface area contributed by atoms with Gasteiger partial charge in [0.1, 0.15) is 0 Å². The van der Waals surface area contributed by atoms with Gasteiger partial charge in [0.05, 0.1) is 30.2 Å². The molecular weight excluding hydrogens is 342 g/mol. The molecule has 0 spiro atoms. The van der Waals surface area contributed by atoms with Crippen LogP contribution in [0.15, 0.2) is 60.9 Å². The number of nitrogens with zero attached hydrogens (tertiary/aromatic N) is 5. The molecule has 0 aliphatic carbocycles. The van der Waals surface area contributed by atoms with Gasteiger partial charge in [-0.15, -0.1) is 5.10 Å². The maximum atomic E-state index is 13.3. The second-order valence-electron chi connectivity index (χ2n) is 6.51. The Hall–Kier alpha value is -3.06. The quantitative estimate of drug-likeness (QED) is 0.673. The van der Waals surface area contributed by atoms with Crippen LogP contribution < -0.4 is 0 Å². The van der Waals surface area contributed by atoms with Gasteiger partial charge >= 0.3 is 0 Å². The van der Waals surface area contributed by atoms with Crippen LogP contribution in [0.25, 0.3) is 5.69 Å². The zero-order valence-electron chi connectivity index (χ0n) is 14.9. The van der Waals surface area contributed by atoms with Crippen LogP contribution in [0, 0.1) is 0 Å². The molecule has 3 aromatic rings. The number of aromatic nitrogens is 4. The van der Waals surface area contributed by atoms with Gasteiger partial charge in [-0.25, -0.2) is 4.68 Å². The highest BCUT2D eigenvalue weighted by molar-refractivity contribution is 5.92. The predicted molar refractivity (Wildman–Crippen MR) is 99.3 cm³/mol. The number of hydrogen-bond donors (Lipinski definition) is 0. The molecule has 1 fully saturated rings. The van der Waals surface area contributed by atoms with Gasteiger partial charge < -0.3 is 9.64 Å². The van der Waals surface area contributed by atoms with E-state index in [1.54, 1.807) is 15.8 Å². The summed E-state index contributed by atoms with van der Waals surface area (Å²) in [6.07, 6.45) is 5.29. The van der Waals surface area contributed by atoms with Gasteiger partial charge in [-0.3, -0.25) is 9.78 Å². The Morgan fingerprint density at radius 3 is 2.78 bits per heavy atom. The fourth-order valence-corrected chi connectivity index (χ4v) is 3.24. The molecule has 1 atom stereocenters. The van der Waals surface area contributed by atoms with Crippen LogP contribution in [0.3, 0.4) is 0 Å². The van der Waals surface area contributed by atoms with Gasteiger partial charge in [0, 0.05) is 19.3 Å². The van der Waals surface area contributed by atoms with E-state index in [0.29, 0.717) is 18.8 Å². The van der Waals surface area contributed by atoms with Crippen LogP contribution in [-0.2, 0) is 11.3 Å². The zero-order chi connectivity index (χ0) is 18.5. The molecule has 0 saturated carbocycles. The van der Waals surface area contributed by atoms with Crippen molar-refractivity contribution in [1.82, 2.24) is 24.9 Å². The SMILES string of the molecule is O=C(c1cnnn1-c1ccccc1)N(Cc1ccccn1)C[C@H]1CCCO1. The van der Waals surface area contributed by atoms with E-state index in [4.69, 9.17) is 4.74 Å². The lowest BCUT2D eigenvalue weighted by molar-refractivity contribution is 0.0497. The lowest BCUT2D eigenvalue weighted by Crippen LogP contribution is -2.38. The normalized spacial score (nSPS) is 16.4. The minimum Gasteiger partial charge on any atom is -0.376 e. The first-order chi connectivity index (χ1) is 13.3. The van der Waals surface area contributed by atoms with Crippen molar-refractivity contribution in [3.63, 3.8) is 0 Å². The standard InChI is InChI=1S/C20H21N5O2/c26-20(19-13-22-23-25(19)17-8-2-1-3-9-17)24(15-18-10-6-12-27-18)14-16-7-4-5-11-21-16/h1-5,7-9,11,13,18H,6,10,12,14-15H2/t18-/m1/s1. The number of hydrogen-bond acceptors (Lipinski definition) is 5. The zero-order valence-corrected chi connectivity index (χ0v) is 14.9. The van der Waals surface area contributed by atoms with E-state index in [-0.39, 0.29) is 12.0 Å². The topological polar surface area (TPSA) is 73.1 Å². The number of pyridine rings is 1. The molecule has 0 radical (unpaired) electrons. The lowest BCUT2D eigenvalue weighted by Gasteiger charge is -2.25. The Kier molecular flexibility index (Phi) is 5.20. The molecule has 4 rings (SSSR count). The number of carbonyl (C=O) groups excluding carboxylic acids is 1. The van der Waals surface area contributed by atoms with Crippen molar-refractivity contribution in [2.24, 2.45) is 0 Å². The molecule has 1 aromatic carbocycles. The average molecular weight is 363 g/mol. The summed E-state index contributed by atoms with van der Waals surface area (Å²) in [6.45, 7) is 1.69. The molecule has 1 aliphatic rings. The van der Waals surface area contributed by atoms with Crippen LogP contribution in [0.1, 0.15) is 29.0 Å². The number of rotatable bonds is 6. The maximum absolute atomic E-state index is 13.3. The van der Waals surface area contributed by atoms with E-state index in [9.17, 15) is 4.79 Å². The summed E-state index contributed by atoms with van der Waals surface area (Å²) in [7, 11) is 0. The average Bonchev–Trinajstić information content (AvgIpc) is 3.40. The Morgan fingerprint density at radius 1 is 1.19 bits per heavy atom.